The molecule has 1 heterocycles. The second kappa shape index (κ2) is 5.55. The molecule has 0 aromatic heterocycles. The van der Waals surface area contributed by atoms with E-state index in [1.807, 2.05) is 4.90 Å². The Morgan fingerprint density at radius 1 is 1.05 bits per heavy atom. The highest BCUT2D eigenvalue weighted by Crippen LogP contribution is 2.48. The molecule has 22 heavy (non-hydrogen) atoms. The lowest BCUT2D eigenvalue weighted by atomic mass is 10.0. The van der Waals surface area contributed by atoms with Crippen LogP contribution in [0.25, 0.3) is 0 Å². The first kappa shape index (κ1) is 14.8. The zero-order valence-electron chi connectivity index (χ0n) is 12.7. The van der Waals surface area contributed by atoms with Gasteiger partial charge in [0.15, 0.2) is 5.78 Å². The fourth-order valence-corrected chi connectivity index (χ4v) is 2.92. The van der Waals surface area contributed by atoms with Crippen LogP contribution in [-0.4, -0.2) is 35.6 Å². The van der Waals surface area contributed by atoms with Crippen molar-refractivity contribution in [1.29, 1.82) is 0 Å². The highest BCUT2D eigenvalue weighted by atomic mass is 16.2. The van der Waals surface area contributed by atoms with E-state index in [0.717, 1.165) is 25.9 Å². The molecule has 5 nitrogen and oxygen atoms in total. The van der Waals surface area contributed by atoms with E-state index in [9.17, 15) is 14.4 Å². The van der Waals surface area contributed by atoms with Gasteiger partial charge in [0.05, 0.1) is 0 Å². The average Bonchev–Trinajstić information content (AvgIpc) is 3.14. The lowest BCUT2D eigenvalue weighted by Crippen LogP contribution is -2.41. The summed E-state index contributed by atoms with van der Waals surface area (Å²) in [5.41, 5.74) is 0.367. The van der Waals surface area contributed by atoms with E-state index in [2.05, 4.69) is 5.32 Å². The van der Waals surface area contributed by atoms with Gasteiger partial charge in [0, 0.05) is 24.3 Å². The Morgan fingerprint density at radius 3 is 2.14 bits per heavy atom. The van der Waals surface area contributed by atoms with Crippen molar-refractivity contribution in [3.05, 3.63) is 29.8 Å². The van der Waals surface area contributed by atoms with Crippen LogP contribution < -0.4 is 5.32 Å². The number of anilines is 1. The summed E-state index contributed by atoms with van der Waals surface area (Å²) < 4.78 is 0. The molecule has 0 atom stereocenters. The number of carbonyl (C=O) groups is 3. The molecule has 0 bridgehead atoms. The normalized spacial score (nSPS) is 18.9. The third-order valence-electron chi connectivity index (χ3n) is 4.54. The van der Waals surface area contributed by atoms with Crippen LogP contribution in [-0.2, 0) is 9.59 Å². The van der Waals surface area contributed by atoms with Gasteiger partial charge in [-0.25, -0.2) is 0 Å². The minimum atomic E-state index is -0.858. The Kier molecular flexibility index (Phi) is 3.72. The molecular formula is C17H20N2O3. The van der Waals surface area contributed by atoms with E-state index < -0.39 is 5.41 Å². The zero-order chi connectivity index (χ0) is 15.7. The lowest BCUT2D eigenvalue weighted by molar-refractivity contribution is -0.141. The van der Waals surface area contributed by atoms with Crippen LogP contribution in [0, 0.1) is 5.41 Å². The molecule has 2 fully saturated rings. The van der Waals surface area contributed by atoms with Crippen LogP contribution in [0.15, 0.2) is 24.3 Å². The number of benzene rings is 1. The molecule has 1 aliphatic carbocycles. The third-order valence-corrected chi connectivity index (χ3v) is 4.54. The van der Waals surface area contributed by atoms with Gasteiger partial charge in [-0.15, -0.1) is 0 Å². The van der Waals surface area contributed by atoms with Gasteiger partial charge in [0.1, 0.15) is 5.41 Å². The molecule has 1 aromatic rings. The minimum Gasteiger partial charge on any atom is -0.342 e. The van der Waals surface area contributed by atoms with Crippen molar-refractivity contribution in [2.24, 2.45) is 5.41 Å². The molecule has 1 saturated heterocycles. The van der Waals surface area contributed by atoms with Crippen LogP contribution in [0.2, 0.25) is 0 Å². The number of Topliss-reactive ketones (excluding diaryl/α,β-unsaturated/α-hetero) is 1. The Hall–Kier alpha value is -2.17. The molecule has 116 valence electrons. The summed E-state index contributed by atoms with van der Waals surface area (Å²) in [6.45, 7) is 3.03. The van der Waals surface area contributed by atoms with E-state index in [1.165, 1.54) is 6.92 Å². The van der Waals surface area contributed by atoms with Crippen LogP contribution in [0.4, 0.5) is 5.69 Å². The monoisotopic (exact) mass is 300 g/mol. The average molecular weight is 300 g/mol. The van der Waals surface area contributed by atoms with E-state index >= 15 is 0 Å². The van der Waals surface area contributed by atoms with Crippen molar-refractivity contribution in [3.63, 3.8) is 0 Å². The second-order valence-corrected chi connectivity index (χ2v) is 6.17. The summed E-state index contributed by atoms with van der Waals surface area (Å²) >= 11 is 0. The molecule has 2 amide bonds. The van der Waals surface area contributed by atoms with Crippen LogP contribution >= 0.6 is 0 Å². The Balaban J connectivity index is 1.68. The van der Waals surface area contributed by atoms with Gasteiger partial charge in [-0.3, -0.25) is 14.4 Å². The fraction of sp³-hybridized carbons (Fsp3) is 0.471. The third kappa shape index (κ3) is 2.63. The molecule has 2 aliphatic rings. The van der Waals surface area contributed by atoms with Crippen molar-refractivity contribution in [3.8, 4) is 0 Å². The van der Waals surface area contributed by atoms with Gasteiger partial charge < -0.3 is 10.2 Å². The van der Waals surface area contributed by atoms with E-state index in [4.69, 9.17) is 0 Å². The molecule has 0 radical (unpaired) electrons. The van der Waals surface area contributed by atoms with Crippen LogP contribution in [0.5, 0.6) is 0 Å². The maximum atomic E-state index is 12.5. The fourth-order valence-electron chi connectivity index (χ4n) is 2.92. The predicted molar refractivity (Wildman–Crippen MR) is 82.6 cm³/mol. The molecule has 1 aromatic carbocycles. The van der Waals surface area contributed by atoms with Gasteiger partial charge in [-0.1, -0.05) is 0 Å². The molecule has 3 rings (SSSR count). The lowest BCUT2D eigenvalue weighted by Gasteiger charge is -2.22. The Bertz CT molecular complexity index is 611. The number of ketones is 1. The van der Waals surface area contributed by atoms with Gasteiger partial charge in [0.25, 0.3) is 0 Å². The molecule has 1 saturated carbocycles. The van der Waals surface area contributed by atoms with Gasteiger partial charge in [-0.05, 0) is 56.9 Å². The Morgan fingerprint density at radius 2 is 1.64 bits per heavy atom. The smallest absolute Gasteiger partial charge is 0.240 e. The van der Waals surface area contributed by atoms with E-state index in [-0.39, 0.29) is 17.6 Å². The van der Waals surface area contributed by atoms with Crippen LogP contribution in [0.3, 0.4) is 0 Å². The number of hydrogen-bond acceptors (Lipinski definition) is 3. The van der Waals surface area contributed by atoms with E-state index in [1.54, 1.807) is 24.3 Å². The molecule has 0 spiro atoms. The number of rotatable bonds is 4. The van der Waals surface area contributed by atoms with Crippen molar-refractivity contribution >= 4 is 23.3 Å². The number of nitrogens with one attached hydrogen (secondary N) is 1. The SMILES string of the molecule is CC(=O)c1ccc(NC(=O)C2(C(=O)N3CCCC3)CC2)cc1. The molecule has 1 aliphatic heterocycles. The topological polar surface area (TPSA) is 66.5 Å². The first-order valence-corrected chi connectivity index (χ1v) is 7.75. The standard InChI is InChI=1S/C17H20N2O3/c1-12(20)13-4-6-14(7-5-13)18-15(21)17(8-9-17)16(22)19-10-2-3-11-19/h4-7H,2-3,8-11H2,1H3,(H,18,21). The summed E-state index contributed by atoms with van der Waals surface area (Å²) in [5, 5.41) is 2.82. The van der Waals surface area contributed by atoms with Crippen molar-refractivity contribution in [2.45, 2.75) is 32.6 Å². The highest BCUT2D eigenvalue weighted by molar-refractivity contribution is 6.13. The number of amides is 2. The molecule has 5 heteroatoms. The van der Waals surface area contributed by atoms with Crippen LogP contribution in [0.1, 0.15) is 43.0 Å². The summed E-state index contributed by atoms with van der Waals surface area (Å²) in [4.78, 5) is 38.1. The maximum Gasteiger partial charge on any atom is 0.240 e. The largest absolute Gasteiger partial charge is 0.342 e. The van der Waals surface area contributed by atoms with Crippen molar-refractivity contribution in [2.75, 3.05) is 18.4 Å². The maximum absolute atomic E-state index is 12.5. The minimum absolute atomic E-state index is 0.0132. The zero-order valence-corrected chi connectivity index (χ0v) is 12.7. The first-order chi connectivity index (χ1) is 10.5. The number of likely N-dealkylation sites (tertiary alicyclic amines) is 1. The summed E-state index contributed by atoms with van der Waals surface area (Å²) in [6.07, 6.45) is 3.30. The predicted octanol–water partition coefficient (Wildman–Crippen LogP) is 2.23. The van der Waals surface area contributed by atoms with E-state index in [0.29, 0.717) is 24.1 Å². The molecule has 1 N–H and O–H groups in total. The molecule has 0 unspecified atom stereocenters. The van der Waals surface area contributed by atoms with Crippen molar-refractivity contribution < 1.29 is 14.4 Å². The van der Waals surface area contributed by atoms with Crippen molar-refractivity contribution in [1.82, 2.24) is 4.90 Å². The summed E-state index contributed by atoms with van der Waals surface area (Å²) in [7, 11) is 0. The number of hydrogen-bond donors (Lipinski definition) is 1. The molecular weight excluding hydrogens is 280 g/mol. The van der Waals surface area contributed by atoms with Gasteiger partial charge >= 0.3 is 0 Å². The highest BCUT2D eigenvalue weighted by Gasteiger charge is 2.58. The summed E-state index contributed by atoms with van der Waals surface area (Å²) in [5.74, 6) is -0.261. The first-order valence-electron chi connectivity index (χ1n) is 7.75. The van der Waals surface area contributed by atoms with Gasteiger partial charge in [-0.2, -0.15) is 0 Å². The Labute approximate surface area is 129 Å². The summed E-state index contributed by atoms with van der Waals surface area (Å²) in [6, 6.07) is 6.76. The second-order valence-electron chi connectivity index (χ2n) is 6.17. The number of nitrogens with zero attached hydrogens (tertiary/aromatic N) is 1. The quantitative estimate of drug-likeness (QED) is 0.685. The van der Waals surface area contributed by atoms with Gasteiger partial charge in [0.2, 0.25) is 11.8 Å². The number of carbonyl (C=O) groups excluding carboxylic acids is 3.